The lowest BCUT2D eigenvalue weighted by Gasteiger charge is -2.18. The van der Waals surface area contributed by atoms with Gasteiger partial charge in [0.2, 0.25) is 0 Å². The molecule has 100 valence electrons. The maximum Gasteiger partial charge on any atom is 0.253 e. The first-order chi connectivity index (χ1) is 8.56. The van der Waals surface area contributed by atoms with Gasteiger partial charge in [0.25, 0.3) is 5.91 Å². The maximum atomic E-state index is 12.2. The minimum Gasteiger partial charge on any atom is -0.342 e. The Balaban J connectivity index is 2.57. The molecule has 0 bridgehead atoms. The number of hydrogen-bond donors (Lipinski definition) is 0. The Labute approximate surface area is 126 Å². The third kappa shape index (κ3) is 4.73. The maximum absolute atomic E-state index is 12.2. The summed E-state index contributed by atoms with van der Waals surface area (Å²) in [6.07, 6.45) is 3.38. The van der Waals surface area contributed by atoms with Gasteiger partial charge >= 0.3 is 0 Å². The second-order valence-electron chi connectivity index (χ2n) is 4.44. The summed E-state index contributed by atoms with van der Waals surface area (Å²) in [5.74, 6) is 0.110. The fraction of sp³-hybridized carbons (Fsp3) is 0.500. The van der Waals surface area contributed by atoms with Gasteiger partial charge < -0.3 is 4.90 Å². The summed E-state index contributed by atoms with van der Waals surface area (Å²) in [7, 11) is 1.87. The van der Waals surface area contributed by atoms with Crippen molar-refractivity contribution in [2.24, 2.45) is 0 Å². The van der Waals surface area contributed by atoms with Gasteiger partial charge in [-0.3, -0.25) is 4.79 Å². The van der Waals surface area contributed by atoms with Gasteiger partial charge in [-0.15, -0.1) is 0 Å². The number of alkyl halides is 1. The molecule has 0 saturated heterocycles. The molecule has 4 heteroatoms. The van der Waals surface area contributed by atoms with E-state index in [0.717, 1.165) is 40.3 Å². The van der Waals surface area contributed by atoms with E-state index in [1.807, 2.05) is 37.1 Å². The molecule has 0 aliphatic carbocycles. The van der Waals surface area contributed by atoms with Crippen LogP contribution in [-0.2, 0) is 0 Å². The Morgan fingerprint density at radius 3 is 2.61 bits per heavy atom. The van der Waals surface area contributed by atoms with Crippen LogP contribution < -0.4 is 0 Å². The van der Waals surface area contributed by atoms with E-state index in [0.29, 0.717) is 0 Å². The van der Waals surface area contributed by atoms with Crippen LogP contribution >= 0.6 is 31.9 Å². The van der Waals surface area contributed by atoms with E-state index in [2.05, 4.69) is 31.9 Å². The standard InChI is InChI=1S/C14H19Br2NO/c1-11-10-12(16)6-7-13(11)14(18)17(2)9-5-3-4-8-15/h6-7,10H,3-5,8-9H2,1-2H3. The lowest BCUT2D eigenvalue weighted by Crippen LogP contribution is -2.28. The lowest BCUT2D eigenvalue weighted by atomic mass is 10.1. The van der Waals surface area contributed by atoms with E-state index >= 15 is 0 Å². The van der Waals surface area contributed by atoms with Gasteiger partial charge in [-0.1, -0.05) is 38.3 Å². The molecule has 0 radical (unpaired) electrons. The molecule has 0 saturated carbocycles. The van der Waals surface area contributed by atoms with Gasteiger partial charge in [0.05, 0.1) is 0 Å². The number of rotatable bonds is 6. The Hall–Kier alpha value is -0.350. The number of benzene rings is 1. The zero-order valence-corrected chi connectivity index (χ0v) is 14.1. The lowest BCUT2D eigenvalue weighted by molar-refractivity contribution is 0.0792. The molecular formula is C14H19Br2NO. The first-order valence-electron chi connectivity index (χ1n) is 6.14. The Bertz CT molecular complexity index is 407. The van der Waals surface area contributed by atoms with Crippen molar-refractivity contribution in [2.75, 3.05) is 18.9 Å². The number of unbranched alkanes of at least 4 members (excludes halogenated alkanes) is 2. The summed E-state index contributed by atoms with van der Waals surface area (Å²) in [4.78, 5) is 14.1. The number of nitrogens with zero attached hydrogens (tertiary/aromatic N) is 1. The summed E-state index contributed by atoms with van der Waals surface area (Å²) in [6, 6.07) is 5.78. The zero-order chi connectivity index (χ0) is 13.5. The van der Waals surface area contributed by atoms with E-state index in [-0.39, 0.29) is 5.91 Å². The Morgan fingerprint density at radius 1 is 1.28 bits per heavy atom. The zero-order valence-electron chi connectivity index (χ0n) is 10.9. The van der Waals surface area contributed by atoms with Crippen molar-refractivity contribution >= 4 is 37.8 Å². The van der Waals surface area contributed by atoms with E-state index in [1.165, 1.54) is 6.42 Å². The van der Waals surface area contributed by atoms with Crippen LogP contribution in [0.2, 0.25) is 0 Å². The average Bonchev–Trinajstić information content (AvgIpc) is 2.33. The van der Waals surface area contributed by atoms with Gasteiger partial charge in [-0.25, -0.2) is 0 Å². The van der Waals surface area contributed by atoms with Crippen LogP contribution in [0, 0.1) is 6.92 Å². The Morgan fingerprint density at radius 2 is 2.00 bits per heavy atom. The fourth-order valence-electron chi connectivity index (χ4n) is 1.79. The smallest absolute Gasteiger partial charge is 0.253 e. The van der Waals surface area contributed by atoms with Crippen molar-refractivity contribution in [3.05, 3.63) is 33.8 Å². The predicted molar refractivity (Wildman–Crippen MR) is 83.5 cm³/mol. The van der Waals surface area contributed by atoms with Crippen molar-refractivity contribution in [1.29, 1.82) is 0 Å². The molecule has 2 nitrogen and oxygen atoms in total. The number of carbonyl (C=O) groups excluding carboxylic acids is 1. The van der Waals surface area contributed by atoms with Crippen molar-refractivity contribution < 1.29 is 4.79 Å². The molecule has 1 amide bonds. The molecule has 0 fully saturated rings. The first-order valence-corrected chi connectivity index (χ1v) is 8.05. The third-order valence-electron chi connectivity index (χ3n) is 2.89. The molecule has 0 spiro atoms. The molecule has 0 aliphatic rings. The number of amides is 1. The molecule has 0 N–H and O–H groups in total. The van der Waals surface area contributed by atoms with Crippen LogP contribution in [0.3, 0.4) is 0 Å². The van der Waals surface area contributed by atoms with E-state index < -0.39 is 0 Å². The highest BCUT2D eigenvalue weighted by molar-refractivity contribution is 9.10. The normalized spacial score (nSPS) is 10.4. The average molecular weight is 377 g/mol. The number of halogens is 2. The summed E-state index contributed by atoms with van der Waals surface area (Å²) in [6.45, 7) is 2.79. The molecule has 0 aliphatic heterocycles. The number of hydrogen-bond acceptors (Lipinski definition) is 1. The van der Waals surface area contributed by atoms with Crippen molar-refractivity contribution in [3.63, 3.8) is 0 Å². The van der Waals surface area contributed by atoms with Gasteiger partial charge in [-0.2, -0.15) is 0 Å². The first kappa shape index (κ1) is 15.7. The van der Waals surface area contributed by atoms with Crippen molar-refractivity contribution in [1.82, 2.24) is 4.90 Å². The van der Waals surface area contributed by atoms with Gasteiger partial charge in [0.1, 0.15) is 0 Å². The third-order valence-corrected chi connectivity index (χ3v) is 3.95. The predicted octanol–water partition coefficient (Wildman–Crippen LogP) is 4.39. The highest BCUT2D eigenvalue weighted by Crippen LogP contribution is 2.17. The highest BCUT2D eigenvalue weighted by atomic mass is 79.9. The Kier molecular flexibility index (Phi) is 6.94. The molecule has 1 aromatic carbocycles. The second-order valence-corrected chi connectivity index (χ2v) is 6.14. The van der Waals surface area contributed by atoms with Crippen LogP contribution in [0.15, 0.2) is 22.7 Å². The summed E-state index contributed by atoms with van der Waals surface area (Å²) in [5.41, 5.74) is 1.81. The van der Waals surface area contributed by atoms with Gasteiger partial charge in [0.15, 0.2) is 0 Å². The molecule has 0 heterocycles. The van der Waals surface area contributed by atoms with Crippen LogP contribution in [0.25, 0.3) is 0 Å². The molecule has 0 unspecified atom stereocenters. The minimum atomic E-state index is 0.110. The van der Waals surface area contributed by atoms with Crippen LogP contribution in [-0.4, -0.2) is 29.7 Å². The molecule has 1 aromatic rings. The molecular weight excluding hydrogens is 358 g/mol. The molecule has 1 rings (SSSR count). The van der Waals surface area contributed by atoms with E-state index in [9.17, 15) is 4.79 Å². The van der Waals surface area contributed by atoms with Crippen molar-refractivity contribution in [2.45, 2.75) is 26.2 Å². The second kappa shape index (κ2) is 7.95. The monoisotopic (exact) mass is 375 g/mol. The number of carbonyl (C=O) groups is 1. The SMILES string of the molecule is Cc1cc(Br)ccc1C(=O)N(C)CCCCCBr. The molecule has 18 heavy (non-hydrogen) atoms. The number of aryl methyl sites for hydroxylation is 1. The molecule has 0 aromatic heterocycles. The van der Waals surface area contributed by atoms with E-state index in [4.69, 9.17) is 0 Å². The fourth-order valence-corrected chi connectivity index (χ4v) is 2.67. The minimum absolute atomic E-state index is 0.110. The van der Waals surface area contributed by atoms with Gasteiger partial charge in [-0.05, 0) is 43.5 Å². The van der Waals surface area contributed by atoms with Gasteiger partial charge in [0, 0.05) is 29.0 Å². The van der Waals surface area contributed by atoms with E-state index in [1.54, 1.807) is 0 Å². The summed E-state index contributed by atoms with van der Waals surface area (Å²) >= 11 is 6.83. The van der Waals surface area contributed by atoms with Crippen LogP contribution in [0.5, 0.6) is 0 Å². The van der Waals surface area contributed by atoms with Crippen LogP contribution in [0.4, 0.5) is 0 Å². The summed E-state index contributed by atoms with van der Waals surface area (Å²) < 4.78 is 1.01. The largest absolute Gasteiger partial charge is 0.342 e. The summed E-state index contributed by atoms with van der Waals surface area (Å²) in [5, 5.41) is 1.04. The quantitative estimate of drug-likeness (QED) is 0.532. The van der Waals surface area contributed by atoms with Crippen LogP contribution in [0.1, 0.15) is 35.2 Å². The molecule has 0 atom stereocenters. The highest BCUT2D eigenvalue weighted by Gasteiger charge is 2.13. The van der Waals surface area contributed by atoms with Crippen molar-refractivity contribution in [3.8, 4) is 0 Å². The topological polar surface area (TPSA) is 20.3 Å².